The topological polar surface area (TPSA) is 76.5 Å². The number of fused-ring (bicyclic) bond motifs is 8. The maximum Gasteiger partial charge on any atom is 0.0758 e. The third kappa shape index (κ3) is 6.33. The number of benzene rings is 4. The normalized spacial score (nSPS) is 28.0. The van der Waals surface area contributed by atoms with Crippen LogP contribution in [0.2, 0.25) is 0 Å². The van der Waals surface area contributed by atoms with Gasteiger partial charge in [-0.3, -0.25) is 24.9 Å². The van der Waals surface area contributed by atoms with E-state index in [1.807, 2.05) is 12.4 Å². The van der Waals surface area contributed by atoms with Crippen LogP contribution in [0.1, 0.15) is 157 Å². The second-order valence-corrected chi connectivity index (χ2v) is 27.3. The third-order valence-electron chi connectivity index (χ3n) is 24.5. The van der Waals surface area contributed by atoms with E-state index in [-0.39, 0.29) is 39.9 Å². The maximum absolute atomic E-state index is 5.54. The zero-order chi connectivity index (χ0) is 55.0. The Morgan fingerprint density at radius 1 is 0.318 bits per heavy atom. The summed E-state index contributed by atoms with van der Waals surface area (Å²) in [6, 6.07) is 51.5. The second kappa shape index (κ2) is 18.0. The van der Waals surface area contributed by atoms with Gasteiger partial charge in [0.05, 0.1) is 28.5 Å². The molecule has 6 fully saturated rings. The van der Waals surface area contributed by atoms with Crippen molar-refractivity contribution in [1.29, 1.82) is 0 Å². The molecule has 5 aromatic heterocycles. The minimum absolute atomic E-state index is 0. The van der Waals surface area contributed by atoms with Crippen molar-refractivity contribution in [3.05, 3.63) is 216 Å². The first-order valence-corrected chi connectivity index (χ1v) is 32.0. The minimum Gasteiger partial charge on any atom is -0.384 e. The van der Waals surface area contributed by atoms with E-state index in [0.29, 0.717) is 0 Å². The van der Waals surface area contributed by atoms with Crippen LogP contribution in [-0.4, -0.2) is 31.5 Å². The highest BCUT2D eigenvalue weighted by Gasteiger charge is 2.66. The van der Waals surface area contributed by atoms with E-state index >= 15 is 0 Å². The number of hydrogen-bond acceptors (Lipinski definition) is 6. The highest BCUT2D eigenvalue weighted by molar-refractivity contribution is 5.95. The summed E-state index contributed by atoms with van der Waals surface area (Å²) in [5.74, 6) is 0. The summed E-state index contributed by atoms with van der Waals surface area (Å²) < 4.78 is 0. The first-order chi connectivity index (χ1) is 41.5. The van der Waals surface area contributed by atoms with Crippen molar-refractivity contribution in [2.24, 2.45) is 5.41 Å². The molecule has 6 heterocycles. The SMILES string of the molecule is C.C1=CC2=C(NC1)C13CCCC1(CCC3)c1cc(-c3ccccc3-c3cc(-c4ccccc4-c4cnc5c(c4)C46CCCC4(CCC6)c4ncccc4-5)cc(-c4ccccc4-c4cnc5c(c4)C46CCCC4(CCC6)c4ncccc4-5)c3)cnc12. The van der Waals surface area contributed by atoms with Crippen molar-refractivity contribution in [2.75, 3.05) is 6.54 Å². The van der Waals surface area contributed by atoms with Crippen molar-refractivity contribution in [3.63, 3.8) is 0 Å². The van der Waals surface area contributed by atoms with E-state index in [1.165, 1.54) is 239 Å². The van der Waals surface area contributed by atoms with Gasteiger partial charge in [-0.1, -0.05) is 131 Å². The molecule has 0 bridgehead atoms. The number of rotatable bonds is 6. The lowest BCUT2D eigenvalue weighted by Gasteiger charge is -2.49. The van der Waals surface area contributed by atoms with Crippen LogP contribution in [0.3, 0.4) is 0 Å². The van der Waals surface area contributed by atoms with Gasteiger partial charge in [-0.2, -0.15) is 0 Å². The number of allylic oxidation sites excluding steroid dienone is 3. The zero-order valence-corrected chi connectivity index (χ0v) is 47.9. The molecule has 6 nitrogen and oxygen atoms in total. The van der Waals surface area contributed by atoms with Gasteiger partial charge in [0.1, 0.15) is 0 Å². The number of dihydropyridines is 1. The highest BCUT2D eigenvalue weighted by Crippen LogP contribution is 2.72. The van der Waals surface area contributed by atoms with Gasteiger partial charge in [0, 0.05) is 109 Å². The molecule has 0 radical (unpaired) electrons. The van der Waals surface area contributed by atoms with Crippen molar-refractivity contribution in [3.8, 4) is 89.3 Å². The fourth-order valence-corrected chi connectivity index (χ4v) is 21.5. The van der Waals surface area contributed by atoms with Gasteiger partial charge in [0.15, 0.2) is 0 Å². The predicted octanol–water partition coefficient (Wildman–Crippen LogP) is 18.8. The molecule has 85 heavy (non-hydrogen) atoms. The average molecular weight is 1110 g/mol. The van der Waals surface area contributed by atoms with Crippen molar-refractivity contribution in [1.82, 2.24) is 30.2 Å². The van der Waals surface area contributed by atoms with E-state index in [2.05, 4.69) is 170 Å². The van der Waals surface area contributed by atoms with Gasteiger partial charge < -0.3 is 5.32 Å². The summed E-state index contributed by atoms with van der Waals surface area (Å²) in [6.07, 6.45) is 37.4. The molecule has 1 N–H and O–H groups in total. The lowest BCUT2D eigenvalue weighted by molar-refractivity contribution is 0.229. The molecule has 9 aromatic rings. The van der Waals surface area contributed by atoms with Crippen molar-refractivity contribution in [2.45, 2.75) is 150 Å². The molecule has 19 rings (SSSR count). The summed E-state index contributed by atoms with van der Waals surface area (Å²) in [5.41, 5.74) is 30.8. The Bertz CT molecular complexity index is 4180. The van der Waals surface area contributed by atoms with E-state index < -0.39 is 0 Å². The molecule has 4 aromatic carbocycles. The van der Waals surface area contributed by atoms with Crippen LogP contribution in [0.25, 0.3) is 94.8 Å². The van der Waals surface area contributed by atoms with Crippen LogP contribution in [0.15, 0.2) is 182 Å². The summed E-state index contributed by atoms with van der Waals surface area (Å²) >= 11 is 0. The number of nitrogens with one attached hydrogen (secondary N) is 1. The average Bonchev–Trinajstić information content (AvgIpc) is 2.16. The Morgan fingerprint density at radius 2 is 0.647 bits per heavy atom. The van der Waals surface area contributed by atoms with Gasteiger partial charge in [-0.25, -0.2) is 0 Å². The maximum atomic E-state index is 5.54. The zero-order valence-electron chi connectivity index (χ0n) is 47.9. The quantitative estimate of drug-likeness (QED) is 0.179. The smallest absolute Gasteiger partial charge is 0.0758 e. The molecule has 6 saturated carbocycles. The predicted molar refractivity (Wildman–Crippen MR) is 344 cm³/mol. The Balaban J connectivity index is 0.00000548. The van der Waals surface area contributed by atoms with Crippen molar-refractivity contribution >= 4 is 5.57 Å². The molecular formula is C79H72N6. The summed E-state index contributed by atoms with van der Waals surface area (Å²) in [6.45, 7) is 0.907. The molecule has 0 amide bonds. The lowest BCUT2D eigenvalue weighted by Crippen LogP contribution is -2.47. The number of pyridine rings is 5. The molecule has 418 valence electrons. The van der Waals surface area contributed by atoms with Crippen molar-refractivity contribution < 1.29 is 0 Å². The van der Waals surface area contributed by atoms with E-state index in [4.69, 9.17) is 24.9 Å². The molecule has 1 aliphatic heterocycles. The molecule has 0 unspecified atom stereocenters. The van der Waals surface area contributed by atoms with E-state index in [9.17, 15) is 0 Å². The first-order valence-electron chi connectivity index (χ1n) is 32.0. The van der Waals surface area contributed by atoms with Gasteiger partial charge in [0.2, 0.25) is 0 Å². The number of hydrogen-bond donors (Lipinski definition) is 1. The fourth-order valence-electron chi connectivity index (χ4n) is 21.5. The largest absolute Gasteiger partial charge is 0.384 e. The minimum atomic E-state index is 0. The summed E-state index contributed by atoms with van der Waals surface area (Å²) in [7, 11) is 0. The standard InChI is InChI=1S/C78H68N6.CH4/c1-4-19-58(52-43-64-67(82-46-52)61-22-7-37-79-70(61)76-31-10-25-73(64,76)26-11-32-76)55(16-1)49-40-50(56-17-2-5-20-59(56)53-44-65-68(83-47-53)62-23-8-38-80-71(62)77-33-12-27-74(65,77)28-13-34-77)42-51(41-49)57-18-3-6-21-60(57)54-45-66-69(84-48-54)63-24-9-39-81-72(63)78-35-14-29-75(66,78)30-15-36-78;/h1-9,16-24,37-38,40-48,81H,10-15,25-36,39H2;1H4. The molecule has 9 aliphatic carbocycles. The van der Waals surface area contributed by atoms with E-state index in [0.717, 1.165) is 17.9 Å². The van der Waals surface area contributed by atoms with Crippen LogP contribution in [0.4, 0.5) is 0 Å². The first kappa shape index (κ1) is 50.3. The monoisotopic (exact) mass is 1100 g/mol. The summed E-state index contributed by atoms with van der Waals surface area (Å²) in [4.78, 5) is 27.0. The molecule has 0 atom stereocenters. The highest BCUT2D eigenvalue weighted by atomic mass is 15.0. The molecule has 0 saturated heterocycles. The van der Waals surface area contributed by atoms with Crippen LogP contribution >= 0.6 is 0 Å². The molecular weight excluding hydrogens is 1030 g/mol. The number of aromatic nitrogens is 5. The molecule has 6 heteroatoms. The Hall–Kier alpha value is -8.09. The fraction of sp³-hybridized carbons (Fsp3) is 0.329. The third-order valence-corrected chi connectivity index (χ3v) is 24.5. The van der Waals surface area contributed by atoms with Crippen LogP contribution in [0, 0.1) is 5.41 Å². The van der Waals surface area contributed by atoms with Crippen LogP contribution in [0.5, 0.6) is 0 Å². The van der Waals surface area contributed by atoms with Crippen LogP contribution < -0.4 is 5.32 Å². The lowest BCUT2D eigenvalue weighted by atomic mass is 9.57. The molecule has 10 aliphatic rings. The number of nitrogens with zero attached hydrogens (tertiary/aromatic N) is 5. The van der Waals surface area contributed by atoms with Gasteiger partial charge >= 0.3 is 0 Å². The van der Waals surface area contributed by atoms with Crippen LogP contribution in [-0.2, 0) is 27.1 Å². The van der Waals surface area contributed by atoms with Gasteiger partial charge in [-0.15, -0.1) is 0 Å². The van der Waals surface area contributed by atoms with Gasteiger partial charge in [0.25, 0.3) is 0 Å². The second-order valence-electron chi connectivity index (χ2n) is 27.3. The Kier molecular flexibility index (Phi) is 10.6. The Morgan fingerprint density at radius 3 is 1.06 bits per heavy atom. The van der Waals surface area contributed by atoms with E-state index in [1.54, 1.807) is 0 Å². The Labute approximate surface area is 500 Å². The molecule has 0 spiro atoms. The van der Waals surface area contributed by atoms with Gasteiger partial charge in [-0.05, 0) is 204 Å². The summed E-state index contributed by atoms with van der Waals surface area (Å²) in [5, 5.41) is 3.94.